The van der Waals surface area contributed by atoms with Gasteiger partial charge in [-0.05, 0) is 36.3 Å². The molecule has 2 nitrogen and oxygen atoms in total. The maximum Gasteiger partial charge on any atom is 0.0717 e. The van der Waals surface area contributed by atoms with E-state index in [4.69, 9.17) is 9.47 Å². The van der Waals surface area contributed by atoms with Gasteiger partial charge in [-0.3, -0.25) is 0 Å². The Morgan fingerprint density at radius 2 is 1.42 bits per heavy atom. The highest BCUT2D eigenvalue weighted by molar-refractivity contribution is 6.81. The minimum atomic E-state index is -1.30. The number of benzene rings is 2. The molecule has 0 aliphatic heterocycles. The van der Waals surface area contributed by atoms with E-state index in [0.29, 0.717) is 19.1 Å². The highest BCUT2D eigenvalue weighted by Crippen LogP contribution is 2.48. The van der Waals surface area contributed by atoms with E-state index >= 15 is 0 Å². The Morgan fingerprint density at radius 1 is 0.903 bits per heavy atom. The van der Waals surface area contributed by atoms with Crippen molar-refractivity contribution in [1.29, 1.82) is 0 Å². The summed E-state index contributed by atoms with van der Waals surface area (Å²) in [7, 11) is -1.30. The molecule has 0 saturated heterocycles. The third-order valence-corrected chi connectivity index (χ3v) is 7.13. The molecular weight excluding hydrogens is 396 g/mol. The molecule has 1 unspecified atom stereocenters. The second-order valence-electron chi connectivity index (χ2n) is 10.1. The number of allylic oxidation sites excluding steroid dienone is 2. The van der Waals surface area contributed by atoms with Gasteiger partial charge in [0, 0.05) is 5.41 Å². The van der Waals surface area contributed by atoms with Gasteiger partial charge in [-0.25, -0.2) is 0 Å². The lowest BCUT2D eigenvalue weighted by Crippen LogP contribution is -2.30. The first-order chi connectivity index (χ1) is 14.9. The van der Waals surface area contributed by atoms with E-state index in [2.05, 4.69) is 86.5 Å². The summed E-state index contributed by atoms with van der Waals surface area (Å²) in [6.07, 6.45) is 5.29. The van der Waals surface area contributed by atoms with Crippen LogP contribution in [-0.4, -0.2) is 21.3 Å². The van der Waals surface area contributed by atoms with Crippen LogP contribution in [0.15, 0.2) is 84.6 Å². The zero-order valence-electron chi connectivity index (χ0n) is 19.5. The third kappa shape index (κ3) is 7.60. The molecule has 2 aromatic carbocycles. The van der Waals surface area contributed by atoms with Gasteiger partial charge < -0.3 is 9.47 Å². The van der Waals surface area contributed by atoms with Crippen LogP contribution in [0.5, 0.6) is 0 Å². The summed E-state index contributed by atoms with van der Waals surface area (Å²) >= 11 is 0. The van der Waals surface area contributed by atoms with E-state index in [1.807, 2.05) is 12.1 Å². The minimum absolute atomic E-state index is 0.0305. The zero-order valence-corrected chi connectivity index (χ0v) is 20.5. The molecule has 1 atom stereocenters. The summed E-state index contributed by atoms with van der Waals surface area (Å²) in [6.45, 7) is 14.1. The predicted molar refractivity (Wildman–Crippen MR) is 134 cm³/mol. The molecule has 3 heteroatoms. The van der Waals surface area contributed by atoms with Crippen molar-refractivity contribution >= 4 is 8.07 Å². The summed E-state index contributed by atoms with van der Waals surface area (Å²) < 4.78 is 12.6. The van der Waals surface area contributed by atoms with Crippen LogP contribution in [0.25, 0.3) is 0 Å². The Balaban J connectivity index is 1.72. The second kappa shape index (κ2) is 11.1. The first kappa shape index (κ1) is 23.7. The Morgan fingerprint density at radius 3 is 1.87 bits per heavy atom. The first-order valence-electron chi connectivity index (χ1n) is 11.4. The molecule has 166 valence electrons. The molecule has 3 rings (SSSR count). The fraction of sp³-hybridized carbons (Fsp3) is 0.429. The van der Waals surface area contributed by atoms with Gasteiger partial charge in [0.1, 0.15) is 0 Å². The second-order valence-corrected chi connectivity index (χ2v) is 15.2. The van der Waals surface area contributed by atoms with Gasteiger partial charge >= 0.3 is 0 Å². The number of hydrogen-bond acceptors (Lipinski definition) is 2. The standard InChI is InChI=1S/C28H38O2Si/c1-5-12-26-17-28(18-27(26)21-31(2,3)4,22-29-19-24-13-8-6-9-14-24)23-30-20-25-15-10-7-11-16-25/h5-11,13-16,21,26H,1,12,17-20,22-23H2,2-4H3. The molecular formula is C28H38O2Si. The van der Waals surface area contributed by atoms with Gasteiger partial charge in [-0.2, -0.15) is 0 Å². The zero-order chi connectivity index (χ0) is 22.2. The van der Waals surface area contributed by atoms with Crippen LogP contribution in [0.2, 0.25) is 19.6 Å². The maximum absolute atomic E-state index is 6.29. The largest absolute Gasteiger partial charge is 0.376 e. The number of ether oxygens (including phenoxy) is 2. The average molecular weight is 435 g/mol. The molecule has 0 bridgehead atoms. The van der Waals surface area contributed by atoms with Crippen LogP contribution in [0.4, 0.5) is 0 Å². The van der Waals surface area contributed by atoms with Gasteiger partial charge in [-0.1, -0.05) is 97.7 Å². The summed E-state index contributed by atoms with van der Waals surface area (Å²) in [5.41, 5.74) is 6.69. The smallest absolute Gasteiger partial charge is 0.0717 e. The topological polar surface area (TPSA) is 18.5 Å². The predicted octanol–water partition coefficient (Wildman–Crippen LogP) is 7.20. The van der Waals surface area contributed by atoms with Crippen molar-refractivity contribution in [3.05, 3.63) is 95.7 Å². The molecule has 1 saturated carbocycles. The Labute approximate surface area is 190 Å². The van der Waals surface area contributed by atoms with Gasteiger partial charge in [0.05, 0.1) is 34.5 Å². The molecule has 1 aliphatic rings. The van der Waals surface area contributed by atoms with E-state index in [1.54, 1.807) is 5.57 Å². The quantitative estimate of drug-likeness (QED) is 0.275. The van der Waals surface area contributed by atoms with Crippen LogP contribution in [0.1, 0.15) is 30.4 Å². The number of hydrogen-bond donors (Lipinski definition) is 0. The van der Waals surface area contributed by atoms with E-state index < -0.39 is 8.07 Å². The molecule has 1 aliphatic carbocycles. The van der Waals surface area contributed by atoms with Gasteiger partial charge in [0.15, 0.2) is 0 Å². The van der Waals surface area contributed by atoms with E-state index in [9.17, 15) is 0 Å². The van der Waals surface area contributed by atoms with Crippen LogP contribution in [0.3, 0.4) is 0 Å². The Hall–Kier alpha value is -1.94. The molecule has 0 heterocycles. The third-order valence-electron chi connectivity index (χ3n) is 5.89. The van der Waals surface area contributed by atoms with Crippen molar-refractivity contribution in [2.24, 2.45) is 11.3 Å². The molecule has 0 N–H and O–H groups in total. The molecule has 0 spiro atoms. The van der Waals surface area contributed by atoms with Crippen molar-refractivity contribution in [1.82, 2.24) is 0 Å². The summed E-state index contributed by atoms with van der Waals surface area (Å²) in [5, 5.41) is 0. The monoisotopic (exact) mass is 434 g/mol. The van der Waals surface area contributed by atoms with Crippen molar-refractivity contribution in [2.75, 3.05) is 13.2 Å². The summed E-state index contributed by atoms with van der Waals surface area (Å²) in [5.74, 6) is 0.560. The van der Waals surface area contributed by atoms with Gasteiger partial charge in [-0.15, -0.1) is 6.58 Å². The van der Waals surface area contributed by atoms with E-state index in [-0.39, 0.29) is 5.41 Å². The van der Waals surface area contributed by atoms with Crippen molar-refractivity contribution < 1.29 is 9.47 Å². The van der Waals surface area contributed by atoms with Gasteiger partial charge in [0.2, 0.25) is 0 Å². The van der Waals surface area contributed by atoms with Crippen molar-refractivity contribution in [3.8, 4) is 0 Å². The van der Waals surface area contributed by atoms with Crippen LogP contribution < -0.4 is 0 Å². The average Bonchev–Trinajstić information content (AvgIpc) is 3.05. The highest BCUT2D eigenvalue weighted by Gasteiger charge is 2.42. The van der Waals surface area contributed by atoms with Crippen LogP contribution >= 0.6 is 0 Å². The molecule has 31 heavy (non-hydrogen) atoms. The van der Waals surface area contributed by atoms with Crippen LogP contribution in [0, 0.1) is 11.3 Å². The van der Waals surface area contributed by atoms with E-state index in [0.717, 1.165) is 32.5 Å². The lowest BCUT2D eigenvalue weighted by atomic mass is 9.86. The van der Waals surface area contributed by atoms with Gasteiger partial charge in [0.25, 0.3) is 0 Å². The SMILES string of the molecule is C=CCC1CC(COCc2ccccc2)(COCc2ccccc2)CC1=C[Si](C)(C)C. The Bertz CT molecular complexity index is 791. The Kier molecular flexibility index (Phi) is 8.48. The molecule has 1 fully saturated rings. The molecule has 0 aromatic heterocycles. The lowest BCUT2D eigenvalue weighted by molar-refractivity contribution is -0.0307. The van der Waals surface area contributed by atoms with E-state index in [1.165, 1.54) is 11.1 Å². The highest BCUT2D eigenvalue weighted by atomic mass is 28.3. The fourth-order valence-electron chi connectivity index (χ4n) is 4.65. The summed E-state index contributed by atoms with van der Waals surface area (Å²) in [6, 6.07) is 20.9. The molecule has 0 radical (unpaired) electrons. The first-order valence-corrected chi connectivity index (χ1v) is 15.0. The lowest BCUT2D eigenvalue weighted by Gasteiger charge is -2.29. The maximum atomic E-state index is 6.29. The number of rotatable bonds is 11. The minimum Gasteiger partial charge on any atom is -0.376 e. The normalized spacial score (nSPS) is 19.6. The van der Waals surface area contributed by atoms with Crippen molar-refractivity contribution in [2.45, 2.75) is 52.1 Å². The van der Waals surface area contributed by atoms with Crippen LogP contribution in [-0.2, 0) is 22.7 Å². The molecule has 0 amide bonds. The summed E-state index contributed by atoms with van der Waals surface area (Å²) in [4.78, 5) is 0. The van der Waals surface area contributed by atoms with Crippen molar-refractivity contribution in [3.63, 3.8) is 0 Å². The molecule has 2 aromatic rings. The fourth-order valence-corrected chi connectivity index (χ4v) is 6.10.